The number of aromatic nitrogens is 1. The van der Waals surface area contributed by atoms with Crippen molar-refractivity contribution < 1.29 is 14.1 Å². The highest BCUT2D eigenvalue weighted by Crippen LogP contribution is 2.24. The van der Waals surface area contributed by atoms with Crippen LogP contribution >= 0.6 is 0 Å². The molecule has 0 saturated carbocycles. The summed E-state index contributed by atoms with van der Waals surface area (Å²) in [5.74, 6) is 0.181. The second-order valence-electron chi connectivity index (χ2n) is 5.54. The van der Waals surface area contributed by atoms with Crippen molar-refractivity contribution in [2.24, 2.45) is 0 Å². The summed E-state index contributed by atoms with van der Waals surface area (Å²) < 4.78 is 5.41. The lowest BCUT2D eigenvalue weighted by Gasteiger charge is -2.15. The average molecular weight is 340 g/mol. The Labute approximate surface area is 143 Å². The fourth-order valence-electron chi connectivity index (χ4n) is 2.43. The number of benzene rings is 2. The number of nitro groups is 1. The third-order valence-corrected chi connectivity index (χ3v) is 3.63. The predicted molar refractivity (Wildman–Crippen MR) is 93.6 cm³/mol. The van der Waals surface area contributed by atoms with E-state index in [0.717, 1.165) is 0 Å². The van der Waals surface area contributed by atoms with E-state index in [2.05, 4.69) is 15.6 Å². The van der Waals surface area contributed by atoms with Gasteiger partial charge in [-0.05, 0) is 31.2 Å². The number of carbonyl (C=O) groups excluding carboxylic acids is 1. The Morgan fingerprint density at radius 2 is 2.04 bits per heavy atom. The molecule has 0 aliphatic rings. The summed E-state index contributed by atoms with van der Waals surface area (Å²) in [5, 5.41) is 16.6. The van der Waals surface area contributed by atoms with Gasteiger partial charge in [0, 0.05) is 18.7 Å². The lowest BCUT2D eigenvalue weighted by atomic mass is 10.2. The Hall–Kier alpha value is -3.42. The van der Waals surface area contributed by atoms with Gasteiger partial charge >= 0.3 is 0 Å². The van der Waals surface area contributed by atoms with E-state index in [-0.39, 0.29) is 17.3 Å². The standard InChI is InChI=1S/C17H16N4O4/c1-10(17(22)20-13-5-3-4-6-15(13)21(23)24)18-12-7-8-16-14(9-12)19-11(2)25-16/h3-10,18H,1-2H3,(H,20,22). The summed E-state index contributed by atoms with van der Waals surface area (Å²) in [4.78, 5) is 27.1. The van der Waals surface area contributed by atoms with Gasteiger partial charge in [0.25, 0.3) is 5.69 Å². The summed E-state index contributed by atoms with van der Waals surface area (Å²) in [6.45, 7) is 3.43. The molecule has 3 aromatic rings. The molecule has 0 fully saturated rings. The Morgan fingerprint density at radius 3 is 2.80 bits per heavy atom. The van der Waals surface area contributed by atoms with E-state index in [1.165, 1.54) is 12.1 Å². The smallest absolute Gasteiger partial charge is 0.292 e. The molecule has 2 N–H and O–H groups in total. The van der Waals surface area contributed by atoms with E-state index in [1.807, 2.05) is 0 Å². The fourth-order valence-corrected chi connectivity index (χ4v) is 2.43. The summed E-state index contributed by atoms with van der Waals surface area (Å²) in [7, 11) is 0. The minimum atomic E-state index is -0.606. The van der Waals surface area contributed by atoms with Crippen LogP contribution in [0.25, 0.3) is 11.1 Å². The molecule has 1 aromatic heterocycles. The van der Waals surface area contributed by atoms with Crippen molar-refractivity contribution >= 4 is 34.1 Å². The van der Waals surface area contributed by atoms with Gasteiger partial charge in [0.2, 0.25) is 5.91 Å². The maximum Gasteiger partial charge on any atom is 0.292 e. The molecule has 1 atom stereocenters. The maximum atomic E-state index is 12.3. The number of nitrogens with one attached hydrogen (secondary N) is 2. The highest BCUT2D eigenvalue weighted by Gasteiger charge is 2.18. The monoisotopic (exact) mass is 340 g/mol. The highest BCUT2D eigenvalue weighted by molar-refractivity contribution is 5.98. The normalized spacial score (nSPS) is 11.9. The molecular weight excluding hydrogens is 324 g/mol. The number of anilines is 2. The first-order valence-corrected chi connectivity index (χ1v) is 7.62. The predicted octanol–water partition coefficient (Wildman–Crippen LogP) is 3.48. The zero-order valence-corrected chi connectivity index (χ0v) is 13.6. The van der Waals surface area contributed by atoms with Gasteiger partial charge in [0.15, 0.2) is 11.5 Å². The number of hydrogen-bond donors (Lipinski definition) is 2. The van der Waals surface area contributed by atoms with E-state index in [9.17, 15) is 14.9 Å². The lowest BCUT2D eigenvalue weighted by Crippen LogP contribution is -2.32. The number of oxazole rings is 1. The van der Waals surface area contributed by atoms with E-state index in [4.69, 9.17) is 4.42 Å². The molecule has 0 aliphatic heterocycles. The SMILES string of the molecule is Cc1nc2cc(NC(C)C(=O)Nc3ccccc3[N+](=O)[O-])ccc2o1. The van der Waals surface area contributed by atoms with Gasteiger partial charge in [-0.15, -0.1) is 0 Å². The van der Waals surface area contributed by atoms with Crippen molar-refractivity contribution in [1.82, 2.24) is 4.98 Å². The molecule has 0 bridgehead atoms. The van der Waals surface area contributed by atoms with Gasteiger partial charge in [-0.2, -0.15) is 0 Å². The van der Waals surface area contributed by atoms with Gasteiger partial charge < -0.3 is 15.1 Å². The van der Waals surface area contributed by atoms with E-state index < -0.39 is 11.0 Å². The Balaban J connectivity index is 1.72. The van der Waals surface area contributed by atoms with Gasteiger partial charge in [0.05, 0.1) is 4.92 Å². The van der Waals surface area contributed by atoms with Crippen LogP contribution in [0.3, 0.4) is 0 Å². The molecule has 0 radical (unpaired) electrons. The Kier molecular flexibility index (Phi) is 4.34. The number of fused-ring (bicyclic) bond motifs is 1. The second-order valence-corrected chi connectivity index (χ2v) is 5.54. The lowest BCUT2D eigenvalue weighted by molar-refractivity contribution is -0.383. The summed E-state index contributed by atoms with van der Waals surface area (Å²) >= 11 is 0. The number of hydrogen-bond acceptors (Lipinski definition) is 6. The molecule has 3 rings (SSSR count). The van der Waals surface area contributed by atoms with Crippen LogP contribution in [-0.2, 0) is 4.79 Å². The molecule has 8 heteroatoms. The number of rotatable bonds is 5. The van der Waals surface area contributed by atoms with Crippen LogP contribution in [0.5, 0.6) is 0 Å². The van der Waals surface area contributed by atoms with Gasteiger partial charge in [-0.3, -0.25) is 14.9 Å². The highest BCUT2D eigenvalue weighted by atomic mass is 16.6. The zero-order valence-electron chi connectivity index (χ0n) is 13.6. The third kappa shape index (κ3) is 3.57. The molecule has 1 heterocycles. The van der Waals surface area contributed by atoms with E-state index in [1.54, 1.807) is 44.2 Å². The van der Waals surface area contributed by atoms with E-state index >= 15 is 0 Å². The molecule has 1 unspecified atom stereocenters. The number of nitro benzene ring substituents is 1. The van der Waals surface area contributed by atoms with Crippen LogP contribution in [0.15, 0.2) is 46.9 Å². The summed E-state index contributed by atoms with van der Waals surface area (Å²) in [5.41, 5.74) is 2.07. The molecule has 1 amide bonds. The molecule has 0 saturated heterocycles. The van der Waals surface area contributed by atoms with Crippen molar-refractivity contribution in [2.45, 2.75) is 19.9 Å². The van der Waals surface area contributed by atoms with E-state index in [0.29, 0.717) is 22.7 Å². The quantitative estimate of drug-likeness (QED) is 0.543. The van der Waals surface area contributed by atoms with Crippen LogP contribution < -0.4 is 10.6 Å². The first kappa shape index (κ1) is 16.4. The molecule has 0 aliphatic carbocycles. The van der Waals surface area contributed by atoms with Crippen molar-refractivity contribution in [2.75, 3.05) is 10.6 Å². The summed E-state index contributed by atoms with van der Waals surface area (Å²) in [6, 6.07) is 10.7. The second kappa shape index (κ2) is 6.60. The Bertz CT molecular complexity index is 951. The van der Waals surface area contributed by atoms with Gasteiger partial charge in [0.1, 0.15) is 17.2 Å². The Morgan fingerprint density at radius 1 is 1.28 bits per heavy atom. The molecule has 128 valence electrons. The van der Waals surface area contributed by atoms with Crippen molar-refractivity contribution in [3.05, 3.63) is 58.5 Å². The number of carbonyl (C=O) groups is 1. The third-order valence-electron chi connectivity index (χ3n) is 3.63. The topological polar surface area (TPSA) is 110 Å². The van der Waals surface area contributed by atoms with Crippen LogP contribution in [0.2, 0.25) is 0 Å². The first-order valence-electron chi connectivity index (χ1n) is 7.62. The molecule has 0 spiro atoms. The first-order chi connectivity index (χ1) is 11.9. The molecule has 2 aromatic carbocycles. The number of amides is 1. The molecule has 8 nitrogen and oxygen atoms in total. The summed E-state index contributed by atoms with van der Waals surface area (Å²) in [6.07, 6.45) is 0. The molecular formula is C17H16N4O4. The van der Waals surface area contributed by atoms with Gasteiger partial charge in [-0.25, -0.2) is 4.98 Å². The van der Waals surface area contributed by atoms with Crippen LogP contribution in [-0.4, -0.2) is 21.9 Å². The largest absolute Gasteiger partial charge is 0.441 e. The maximum absolute atomic E-state index is 12.3. The van der Waals surface area contributed by atoms with Crippen LogP contribution in [0.1, 0.15) is 12.8 Å². The number of para-hydroxylation sites is 2. The van der Waals surface area contributed by atoms with Crippen molar-refractivity contribution in [1.29, 1.82) is 0 Å². The van der Waals surface area contributed by atoms with Crippen LogP contribution in [0, 0.1) is 17.0 Å². The number of aryl methyl sites for hydroxylation is 1. The zero-order chi connectivity index (χ0) is 18.0. The van der Waals surface area contributed by atoms with Crippen LogP contribution in [0.4, 0.5) is 17.1 Å². The minimum absolute atomic E-state index is 0.150. The van der Waals surface area contributed by atoms with Gasteiger partial charge in [-0.1, -0.05) is 12.1 Å². The van der Waals surface area contributed by atoms with Crippen molar-refractivity contribution in [3.63, 3.8) is 0 Å². The fraction of sp³-hybridized carbons (Fsp3) is 0.176. The molecule has 25 heavy (non-hydrogen) atoms. The minimum Gasteiger partial charge on any atom is -0.441 e. The average Bonchev–Trinajstić information content (AvgIpc) is 2.94. The number of nitrogens with zero attached hydrogens (tertiary/aromatic N) is 2. The van der Waals surface area contributed by atoms with Crippen molar-refractivity contribution in [3.8, 4) is 0 Å².